The summed E-state index contributed by atoms with van der Waals surface area (Å²) in [6, 6.07) is 15.1. The number of hydrogen-bond acceptors (Lipinski definition) is 4. The molecule has 0 aliphatic heterocycles. The number of amides is 1. The second-order valence-electron chi connectivity index (χ2n) is 6.92. The molecule has 0 radical (unpaired) electrons. The van der Waals surface area contributed by atoms with Gasteiger partial charge in [-0.3, -0.25) is 0 Å². The highest BCUT2D eigenvalue weighted by Crippen LogP contribution is 2.33. The molecule has 2 aromatic rings. The molecule has 138 valence electrons. The van der Waals surface area contributed by atoms with E-state index in [1.165, 1.54) is 0 Å². The first-order valence-corrected chi connectivity index (χ1v) is 8.20. The fourth-order valence-corrected chi connectivity index (χ4v) is 2.65. The highest BCUT2D eigenvalue weighted by atomic mass is 16.6. The molecule has 0 spiro atoms. The molecule has 0 bridgehead atoms. The molecule has 0 heterocycles. The lowest BCUT2D eigenvalue weighted by Gasteiger charge is -2.35. The predicted octanol–water partition coefficient (Wildman–Crippen LogP) is 2.90. The summed E-state index contributed by atoms with van der Waals surface area (Å²) >= 11 is 0. The Kier molecular flexibility index (Phi) is 5.67. The van der Waals surface area contributed by atoms with Crippen molar-refractivity contribution in [3.8, 4) is 0 Å². The number of carboxylic acids is 1. The number of nitrogens with one attached hydrogen (secondary N) is 1. The topological polar surface area (TPSA) is 95.9 Å². The minimum atomic E-state index is -1.98. The van der Waals surface area contributed by atoms with Crippen molar-refractivity contribution < 1.29 is 24.5 Å². The van der Waals surface area contributed by atoms with Crippen molar-refractivity contribution in [2.45, 2.75) is 38.0 Å². The summed E-state index contributed by atoms with van der Waals surface area (Å²) in [6.45, 7) is 5.01. The zero-order valence-corrected chi connectivity index (χ0v) is 15.0. The maximum Gasteiger partial charge on any atom is 0.408 e. The Labute approximate surface area is 152 Å². The first-order valence-electron chi connectivity index (χ1n) is 8.20. The van der Waals surface area contributed by atoms with E-state index in [1.54, 1.807) is 81.4 Å². The standard InChI is InChI=1S/C20H23NO5/c1-19(2,3)26-18(24)21-16(17(22)23)20(25,14-10-6-4-7-11-14)15-12-8-5-9-13-15/h4-13,16,25H,1-3H3,(H,21,24)(H,22,23)/t16-/m1/s1. The molecular formula is C20H23NO5. The van der Waals surface area contributed by atoms with Crippen LogP contribution in [0.25, 0.3) is 0 Å². The lowest BCUT2D eigenvalue weighted by atomic mass is 9.80. The molecule has 26 heavy (non-hydrogen) atoms. The van der Waals surface area contributed by atoms with Gasteiger partial charge in [-0.25, -0.2) is 9.59 Å². The third kappa shape index (κ3) is 4.40. The molecule has 0 unspecified atom stereocenters. The van der Waals surface area contributed by atoms with Crippen LogP contribution >= 0.6 is 0 Å². The van der Waals surface area contributed by atoms with Crippen molar-refractivity contribution in [3.05, 3.63) is 71.8 Å². The largest absolute Gasteiger partial charge is 0.480 e. The molecule has 2 rings (SSSR count). The van der Waals surface area contributed by atoms with E-state index < -0.39 is 29.3 Å². The quantitative estimate of drug-likeness (QED) is 0.765. The van der Waals surface area contributed by atoms with Crippen molar-refractivity contribution in [1.82, 2.24) is 5.32 Å². The summed E-state index contributed by atoms with van der Waals surface area (Å²) in [5.41, 5.74) is -2.10. The van der Waals surface area contributed by atoms with E-state index in [0.29, 0.717) is 11.1 Å². The predicted molar refractivity (Wildman–Crippen MR) is 96.7 cm³/mol. The summed E-state index contributed by atoms with van der Waals surface area (Å²) in [6.07, 6.45) is -0.921. The van der Waals surface area contributed by atoms with Gasteiger partial charge in [0.25, 0.3) is 0 Å². The number of alkyl carbamates (subject to hydrolysis) is 1. The van der Waals surface area contributed by atoms with E-state index in [2.05, 4.69) is 5.32 Å². The number of carbonyl (C=O) groups is 2. The number of aliphatic carboxylic acids is 1. The van der Waals surface area contributed by atoms with Gasteiger partial charge in [-0.2, -0.15) is 0 Å². The zero-order valence-electron chi connectivity index (χ0n) is 15.0. The van der Waals surface area contributed by atoms with Gasteiger partial charge >= 0.3 is 12.1 Å². The number of carboxylic acid groups (broad SMARTS) is 1. The number of hydrogen-bond donors (Lipinski definition) is 3. The summed E-state index contributed by atoms with van der Waals surface area (Å²) < 4.78 is 5.16. The van der Waals surface area contributed by atoms with Gasteiger partial charge in [0, 0.05) is 0 Å². The van der Waals surface area contributed by atoms with Crippen molar-refractivity contribution in [3.63, 3.8) is 0 Å². The van der Waals surface area contributed by atoms with Crippen LogP contribution in [-0.4, -0.2) is 33.9 Å². The molecule has 0 aliphatic rings. The van der Waals surface area contributed by atoms with Gasteiger partial charge in [-0.1, -0.05) is 60.7 Å². The van der Waals surface area contributed by atoms with E-state index in [1.807, 2.05) is 0 Å². The Morgan fingerprint density at radius 3 is 1.69 bits per heavy atom. The first-order chi connectivity index (χ1) is 12.1. The molecule has 1 amide bonds. The van der Waals surface area contributed by atoms with Gasteiger partial charge in [0.05, 0.1) is 0 Å². The molecule has 0 saturated carbocycles. The maximum absolute atomic E-state index is 12.2. The van der Waals surface area contributed by atoms with Crippen molar-refractivity contribution >= 4 is 12.1 Å². The smallest absolute Gasteiger partial charge is 0.408 e. The molecule has 1 atom stereocenters. The van der Waals surface area contributed by atoms with Crippen molar-refractivity contribution in [2.24, 2.45) is 0 Å². The van der Waals surface area contributed by atoms with Crippen LogP contribution in [0.5, 0.6) is 0 Å². The Bertz CT molecular complexity index is 713. The maximum atomic E-state index is 12.2. The number of benzene rings is 2. The highest BCUT2D eigenvalue weighted by molar-refractivity contribution is 5.82. The van der Waals surface area contributed by atoms with Gasteiger partial charge in [0.1, 0.15) is 11.2 Å². The Morgan fingerprint density at radius 2 is 1.35 bits per heavy atom. The van der Waals surface area contributed by atoms with E-state index in [-0.39, 0.29) is 0 Å². The van der Waals surface area contributed by atoms with Crippen LogP contribution < -0.4 is 5.32 Å². The normalized spacial score (nSPS) is 12.9. The molecule has 0 fully saturated rings. The average molecular weight is 357 g/mol. The molecule has 6 heteroatoms. The van der Waals surface area contributed by atoms with Crippen LogP contribution in [-0.2, 0) is 15.1 Å². The van der Waals surface area contributed by atoms with Gasteiger partial charge < -0.3 is 20.3 Å². The molecule has 3 N–H and O–H groups in total. The van der Waals surface area contributed by atoms with Gasteiger partial charge in [0.2, 0.25) is 0 Å². The van der Waals surface area contributed by atoms with E-state index >= 15 is 0 Å². The SMILES string of the molecule is CC(C)(C)OC(=O)N[C@H](C(=O)O)C(O)(c1ccccc1)c1ccccc1. The summed E-state index contributed by atoms with van der Waals surface area (Å²) in [4.78, 5) is 24.1. The number of aliphatic hydroxyl groups is 1. The van der Waals surface area contributed by atoms with Crippen LogP contribution in [0, 0.1) is 0 Å². The molecular weight excluding hydrogens is 334 g/mol. The van der Waals surface area contributed by atoms with Gasteiger partial charge in [-0.05, 0) is 31.9 Å². The molecule has 2 aromatic carbocycles. The average Bonchev–Trinajstić information content (AvgIpc) is 2.59. The number of rotatable bonds is 5. The third-order valence-electron chi connectivity index (χ3n) is 3.75. The minimum absolute atomic E-state index is 0.342. The second-order valence-corrected chi connectivity index (χ2v) is 6.92. The van der Waals surface area contributed by atoms with Crippen LogP contribution in [0.15, 0.2) is 60.7 Å². The molecule has 0 saturated heterocycles. The lowest BCUT2D eigenvalue weighted by molar-refractivity contribution is -0.145. The van der Waals surface area contributed by atoms with Crippen LogP contribution in [0.4, 0.5) is 4.79 Å². The Hall–Kier alpha value is -2.86. The number of carbonyl (C=O) groups excluding carboxylic acids is 1. The Morgan fingerprint density at radius 1 is 0.923 bits per heavy atom. The third-order valence-corrected chi connectivity index (χ3v) is 3.75. The monoisotopic (exact) mass is 357 g/mol. The van der Waals surface area contributed by atoms with Crippen LogP contribution in [0.1, 0.15) is 31.9 Å². The minimum Gasteiger partial charge on any atom is -0.480 e. The van der Waals surface area contributed by atoms with Crippen molar-refractivity contribution in [1.29, 1.82) is 0 Å². The summed E-state index contributed by atoms with van der Waals surface area (Å²) in [5, 5.41) is 23.5. The fraction of sp³-hybridized carbons (Fsp3) is 0.300. The molecule has 0 aliphatic carbocycles. The van der Waals surface area contributed by atoms with Gasteiger partial charge in [0.15, 0.2) is 6.04 Å². The molecule has 0 aromatic heterocycles. The van der Waals surface area contributed by atoms with E-state index in [0.717, 1.165) is 0 Å². The Balaban J connectivity index is 2.51. The first kappa shape index (κ1) is 19.5. The fourth-order valence-electron chi connectivity index (χ4n) is 2.65. The molecule has 6 nitrogen and oxygen atoms in total. The van der Waals surface area contributed by atoms with Crippen LogP contribution in [0.3, 0.4) is 0 Å². The van der Waals surface area contributed by atoms with E-state index in [9.17, 15) is 19.8 Å². The highest BCUT2D eigenvalue weighted by Gasteiger charge is 2.46. The second kappa shape index (κ2) is 7.58. The lowest BCUT2D eigenvalue weighted by Crippen LogP contribution is -2.56. The van der Waals surface area contributed by atoms with E-state index in [4.69, 9.17) is 4.74 Å². The van der Waals surface area contributed by atoms with Crippen molar-refractivity contribution in [2.75, 3.05) is 0 Å². The zero-order chi connectivity index (χ0) is 19.4. The number of ether oxygens (including phenoxy) is 1. The summed E-state index contributed by atoms with van der Waals surface area (Å²) in [5.74, 6) is -1.38. The summed E-state index contributed by atoms with van der Waals surface area (Å²) in [7, 11) is 0. The van der Waals surface area contributed by atoms with Gasteiger partial charge in [-0.15, -0.1) is 0 Å². The van der Waals surface area contributed by atoms with Crippen LogP contribution in [0.2, 0.25) is 0 Å².